The van der Waals surface area contributed by atoms with Gasteiger partial charge >= 0.3 is 0 Å². The van der Waals surface area contributed by atoms with E-state index < -0.39 is 10.8 Å². The maximum Gasteiger partial charge on any atom is 0.273 e. The third kappa shape index (κ3) is 4.23. The van der Waals surface area contributed by atoms with Crippen LogP contribution in [-0.2, 0) is 6.42 Å². The van der Waals surface area contributed by atoms with Gasteiger partial charge in [0, 0.05) is 17.2 Å². The molecule has 0 aromatic heterocycles. The van der Waals surface area contributed by atoms with Crippen molar-refractivity contribution in [2.24, 2.45) is 5.10 Å². The number of nitrogens with one attached hydrogen (secondary N) is 1. The van der Waals surface area contributed by atoms with Gasteiger partial charge in [-0.1, -0.05) is 37.3 Å². The van der Waals surface area contributed by atoms with Gasteiger partial charge in [-0.2, -0.15) is 5.10 Å². The fourth-order valence-corrected chi connectivity index (χ4v) is 2.02. The summed E-state index contributed by atoms with van der Waals surface area (Å²) < 4.78 is 0. The number of nitro benzene ring substituents is 1. The van der Waals surface area contributed by atoms with Crippen molar-refractivity contribution in [1.82, 2.24) is 5.43 Å². The minimum atomic E-state index is -0.509. The highest BCUT2D eigenvalue weighted by atomic mass is 16.6. The summed E-state index contributed by atoms with van der Waals surface area (Å²) in [6, 6.07) is 12.1. The highest BCUT2D eigenvalue weighted by Crippen LogP contribution is 2.19. The molecule has 0 bridgehead atoms. The molecule has 0 aliphatic carbocycles. The summed E-state index contributed by atoms with van der Waals surface area (Å²) >= 11 is 0. The molecule has 0 aliphatic heterocycles. The minimum absolute atomic E-state index is 0.0863. The summed E-state index contributed by atoms with van der Waals surface area (Å²) in [7, 11) is 0. The Labute approximate surface area is 134 Å². The van der Waals surface area contributed by atoms with Crippen molar-refractivity contribution in [3.63, 3.8) is 0 Å². The van der Waals surface area contributed by atoms with Crippen molar-refractivity contribution in [2.75, 3.05) is 0 Å². The Morgan fingerprint density at radius 3 is 2.57 bits per heavy atom. The van der Waals surface area contributed by atoms with Crippen LogP contribution in [0.25, 0.3) is 0 Å². The lowest BCUT2D eigenvalue weighted by atomic mass is 10.1. The molecule has 2 rings (SSSR count). The lowest BCUT2D eigenvalue weighted by Crippen LogP contribution is -2.17. The van der Waals surface area contributed by atoms with Crippen molar-refractivity contribution in [1.29, 1.82) is 0 Å². The van der Waals surface area contributed by atoms with Crippen LogP contribution in [0.3, 0.4) is 0 Å². The summed E-state index contributed by atoms with van der Waals surface area (Å²) in [6.45, 7) is 3.70. The standard InChI is InChI=1S/C17H17N3O3/c1-3-13-5-7-14(8-6-13)11-18-19-17(21)15-9-4-12(2)16(10-15)20(22)23/h4-11H,3H2,1-2H3,(H,19,21)/b18-11+. The van der Waals surface area contributed by atoms with E-state index in [-0.39, 0.29) is 11.3 Å². The zero-order valence-electron chi connectivity index (χ0n) is 12.9. The maximum absolute atomic E-state index is 12.0. The van der Waals surface area contributed by atoms with E-state index >= 15 is 0 Å². The molecule has 6 heteroatoms. The molecular weight excluding hydrogens is 294 g/mol. The fraction of sp³-hybridized carbons (Fsp3) is 0.176. The highest BCUT2D eigenvalue weighted by molar-refractivity contribution is 5.95. The molecule has 0 spiro atoms. The Bertz CT molecular complexity index is 752. The summed E-state index contributed by atoms with van der Waals surface area (Å²) in [4.78, 5) is 22.4. The molecule has 0 unspecified atom stereocenters. The van der Waals surface area contributed by atoms with Gasteiger partial charge in [0.05, 0.1) is 11.1 Å². The molecule has 0 heterocycles. The van der Waals surface area contributed by atoms with Gasteiger partial charge in [-0.3, -0.25) is 14.9 Å². The highest BCUT2D eigenvalue weighted by Gasteiger charge is 2.14. The molecule has 0 saturated heterocycles. The summed E-state index contributed by atoms with van der Waals surface area (Å²) in [5, 5.41) is 14.8. The van der Waals surface area contributed by atoms with Crippen molar-refractivity contribution in [3.8, 4) is 0 Å². The van der Waals surface area contributed by atoms with Gasteiger partial charge in [0.1, 0.15) is 0 Å². The van der Waals surface area contributed by atoms with Crippen LogP contribution in [0.4, 0.5) is 5.69 Å². The van der Waals surface area contributed by atoms with E-state index in [4.69, 9.17) is 0 Å². The lowest BCUT2D eigenvalue weighted by Gasteiger charge is -2.02. The SMILES string of the molecule is CCc1ccc(/C=N/NC(=O)c2ccc(C)c([N+](=O)[O-])c2)cc1. The monoisotopic (exact) mass is 311 g/mol. The molecule has 2 aromatic carbocycles. The molecule has 0 aliphatic rings. The van der Waals surface area contributed by atoms with Crippen LogP contribution >= 0.6 is 0 Å². The van der Waals surface area contributed by atoms with Gasteiger partial charge in [0.15, 0.2) is 0 Å². The van der Waals surface area contributed by atoms with Gasteiger partial charge in [0.25, 0.3) is 11.6 Å². The van der Waals surface area contributed by atoms with Gasteiger partial charge in [0.2, 0.25) is 0 Å². The van der Waals surface area contributed by atoms with Crippen LogP contribution in [0.5, 0.6) is 0 Å². The molecule has 23 heavy (non-hydrogen) atoms. The van der Waals surface area contributed by atoms with Crippen molar-refractivity contribution in [3.05, 3.63) is 74.8 Å². The van der Waals surface area contributed by atoms with Gasteiger partial charge < -0.3 is 0 Å². The molecule has 0 fully saturated rings. The predicted octanol–water partition coefficient (Wildman–Crippen LogP) is 3.23. The Balaban J connectivity index is 2.05. The van der Waals surface area contributed by atoms with E-state index in [1.54, 1.807) is 13.0 Å². The molecule has 1 N–H and O–H groups in total. The van der Waals surface area contributed by atoms with Crippen LogP contribution in [0.1, 0.15) is 34.0 Å². The number of nitrogens with zero attached hydrogens (tertiary/aromatic N) is 2. The van der Waals surface area contributed by atoms with Gasteiger partial charge in [-0.25, -0.2) is 5.43 Å². The smallest absolute Gasteiger partial charge is 0.267 e. The first-order valence-corrected chi connectivity index (χ1v) is 7.18. The number of hydrogen-bond acceptors (Lipinski definition) is 4. The molecule has 1 amide bonds. The van der Waals surface area contributed by atoms with Crippen LogP contribution in [0.15, 0.2) is 47.6 Å². The molecule has 118 valence electrons. The van der Waals surface area contributed by atoms with E-state index in [2.05, 4.69) is 17.5 Å². The number of carbonyl (C=O) groups excluding carboxylic acids is 1. The first-order valence-electron chi connectivity index (χ1n) is 7.18. The minimum Gasteiger partial charge on any atom is -0.267 e. The molecule has 0 atom stereocenters. The number of hydrazone groups is 1. The summed E-state index contributed by atoms with van der Waals surface area (Å²) in [6.07, 6.45) is 2.49. The normalized spacial score (nSPS) is 10.7. The number of amides is 1. The summed E-state index contributed by atoms with van der Waals surface area (Å²) in [5.41, 5.74) is 5.06. The topological polar surface area (TPSA) is 84.6 Å². The largest absolute Gasteiger partial charge is 0.273 e. The fourth-order valence-electron chi connectivity index (χ4n) is 2.02. The van der Waals surface area contributed by atoms with Gasteiger partial charge in [-0.05, 0) is 30.5 Å². The number of benzene rings is 2. The zero-order valence-corrected chi connectivity index (χ0v) is 12.9. The third-order valence-corrected chi connectivity index (χ3v) is 3.44. The number of hydrogen-bond donors (Lipinski definition) is 1. The second-order valence-corrected chi connectivity index (χ2v) is 5.05. The van der Waals surface area contributed by atoms with Crippen LogP contribution in [0, 0.1) is 17.0 Å². The molecule has 0 radical (unpaired) electrons. The second-order valence-electron chi connectivity index (χ2n) is 5.05. The van der Waals surface area contributed by atoms with E-state index in [0.717, 1.165) is 12.0 Å². The Kier molecular flexibility index (Phi) is 5.19. The molecular formula is C17H17N3O3. The number of aryl methyl sites for hydroxylation is 2. The van der Waals surface area contributed by atoms with Crippen LogP contribution < -0.4 is 5.43 Å². The first kappa shape index (κ1) is 16.4. The van der Waals surface area contributed by atoms with E-state index in [9.17, 15) is 14.9 Å². The average Bonchev–Trinajstić information content (AvgIpc) is 2.55. The van der Waals surface area contributed by atoms with Crippen molar-refractivity contribution >= 4 is 17.8 Å². The lowest BCUT2D eigenvalue weighted by molar-refractivity contribution is -0.385. The third-order valence-electron chi connectivity index (χ3n) is 3.44. The predicted molar refractivity (Wildman–Crippen MR) is 88.7 cm³/mol. The van der Waals surface area contributed by atoms with Crippen LogP contribution in [-0.4, -0.2) is 17.0 Å². The maximum atomic E-state index is 12.0. The average molecular weight is 311 g/mol. The van der Waals surface area contributed by atoms with E-state index in [0.29, 0.717) is 5.56 Å². The van der Waals surface area contributed by atoms with Gasteiger partial charge in [-0.15, -0.1) is 0 Å². The molecule has 6 nitrogen and oxygen atoms in total. The molecule has 0 saturated carbocycles. The van der Waals surface area contributed by atoms with E-state index in [1.165, 1.54) is 23.9 Å². The van der Waals surface area contributed by atoms with Crippen LogP contribution in [0.2, 0.25) is 0 Å². The van der Waals surface area contributed by atoms with E-state index in [1.807, 2.05) is 24.3 Å². The Morgan fingerprint density at radius 2 is 1.96 bits per heavy atom. The number of rotatable bonds is 5. The Hall–Kier alpha value is -3.02. The molecule has 2 aromatic rings. The number of carbonyl (C=O) groups is 1. The van der Waals surface area contributed by atoms with Crippen molar-refractivity contribution in [2.45, 2.75) is 20.3 Å². The van der Waals surface area contributed by atoms with Crippen molar-refractivity contribution < 1.29 is 9.72 Å². The second kappa shape index (κ2) is 7.31. The number of nitro groups is 1. The summed E-state index contributed by atoms with van der Waals surface area (Å²) in [5.74, 6) is -0.491. The first-order chi connectivity index (χ1) is 11.0. The Morgan fingerprint density at radius 1 is 1.26 bits per heavy atom. The quantitative estimate of drug-likeness (QED) is 0.522. The zero-order chi connectivity index (χ0) is 16.8.